The number of nitrogens with one attached hydrogen (secondary N) is 1. The van der Waals surface area contributed by atoms with Gasteiger partial charge in [0.1, 0.15) is 0 Å². The van der Waals surface area contributed by atoms with Crippen LogP contribution in [0.2, 0.25) is 0 Å². The predicted octanol–water partition coefficient (Wildman–Crippen LogP) is 4.19. The zero-order chi connectivity index (χ0) is 17.8. The highest BCUT2D eigenvalue weighted by molar-refractivity contribution is 7.07. The molecule has 130 valence electrons. The third-order valence-corrected chi connectivity index (χ3v) is 4.94. The maximum Gasteiger partial charge on any atom is 0.227 e. The van der Waals surface area contributed by atoms with E-state index < -0.39 is 0 Å². The lowest BCUT2D eigenvalue weighted by Crippen LogP contribution is -2.30. The average Bonchev–Trinajstić information content (AvgIpc) is 3.35. The molecule has 1 amide bonds. The molecule has 0 saturated carbocycles. The van der Waals surface area contributed by atoms with Crippen molar-refractivity contribution < 1.29 is 4.79 Å². The number of H-pyrrole nitrogens is 1. The van der Waals surface area contributed by atoms with Crippen LogP contribution in [0.1, 0.15) is 17.8 Å². The molecule has 2 heterocycles. The number of amides is 1. The van der Waals surface area contributed by atoms with Crippen molar-refractivity contribution in [2.45, 2.75) is 19.4 Å². The summed E-state index contributed by atoms with van der Waals surface area (Å²) in [7, 11) is 0. The number of rotatable bonds is 6. The summed E-state index contributed by atoms with van der Waals surface area (Å²) in [6, 6.07) is 17.7. The number of nitrogens with zero attached hydrogens (tertiary/aromatic N) is 3. The van der Waals surface area contributed by atoms with Gasteiger partial charge in [0.2, 0.25) is 5.91 Å². The van der Waals surface area contributed by atoms with Crippen LogP contribution in [0, 0.1) is 0 Å². The second-order valence-electron chi connectivity index (χ2n) is 6.01. The lowest BCUT2D eigenvalue weighted by Gasteiger charge is -2.22. The van der Waals surface area contributed by atoms with Crippen molar-refractivity contribution in [3.05, 3.63) is 76.9 Å². The van der Waals surface area contributed by atoms with Crippen LogP contribution in [0.15, 0.2) is 65.5 Å². The van der Waals surface area contributed by atoms with Gasteiger partial charge < -0.3 is 4.90 Å². The van der Waals surface area contributed by atoms with E-state index in [1.807, 2.05) is 60.0 Å². The first-order valence-electron chi connectivity index (χ1n) is 8.46. The van der Waals surface area contributed by atoms with E-state index >= 15 is 0 Å². The minimum atomic E-state index is 0.0721. The first-order valence-corrected chi connectivity index (χ1v) is 9.40. The van der Waals surface area contributed by atoms with E-state index in [0.717, 1.165) is 28.0 Å². The van der Waals surface area contributed by atoms with Crippen molar-refractivity contribution in [3.63, 3.8) is 0 Å². The van der Waals surface area contributed by atoms with Gasteiger partial charge in [-0.3, -0.25) is 9.89 Å². The van der Waals surface area contributed by atoms with Gasteiger partial charge in [-0.25, -0.2) is 4.98 Å². The number of benzene rings is 2. The summed E-state index contributed by atoms with van der Waals surface area (Å²) in [4.78, 5) is 19.1. The second kappa shape index (κ2) is 7.49. The molecule has 0 radical (unpaired) electrons. The Morgan fingerprint density at radius 1 is 1.08 bits per heavy atom. The van der Waals surface area contributed by atoms with Gasteiger partial charge >= 0.3 is 0 Å². The molecular formula is C20H18N4OS. The molecule has 2 aromatic carbocycles. The second-order valence-corrected chi connectivity index (χ2v) is 6.73. The van der Waals surface area contributed by atoms with E-state index in [4.69, 9.17) is 0 Å². The minimum absolute atomic E-state index is 0.0721. The molecule has 0 aliphatic rings. The van der Waals surface area contributed by atoms with E-state index in [0.29, 0.717) is 19.4 Å². The Morgan fingerprint density at radius 3 is 2.69 bits per heavy atom. The van der Waals surface area contributed by atoms with Crippen LogP contribution in [0.3, 0.4) is 0 Å². The molecule has 2 aromatic heterocycles. The van der Waals surface area contributed by atoms with Crippen molar-refractivity contribution in [2.24, 2.45) is 0 Å². The van der Waals surface area contributed by atoms with E-state index in [2.05, 4.69) is 15.2 Å². The smallest absolute Gasteiger partial charge is 0.227 e. The van der Waals surface area contributed by atoms with Crippen molar-refractivity contribution in [1.29, 1.82) is 0 Å². The van der Waals surface area contributed by atoms with E-state index in [-0.39, 0.29) is 5.91 Å². The highest BCUT2D eigenvalue weighted by Crippen LogP contribution is 2.21. The number of aryl methyl sites for hydroxylation is 1. The molecule has 0 aliphatic heterocycles. The fraction of sp³-hybridized carbons (Fsp3) is 0.150. The number of fused-ring (bicyclic) bond motifs is 1. The largest absolute Gasteiger partial charge is 0.306 e. The summed E-state index contributed by atoms with van der Waals surface area (Å²) in [6.07, 6.45) is 1.03. The lowest BCUT2D eigenvalue weighted by atomic mass is 10.1. The SMILES string of the molecule is O=C(CCc1[nH]nc2ccccc12)N(Cc1cscn1)c1ccccc1. The summed E-state index contributed by atoms with van der Waals surface area (Å²) >= 11 is 1.54. The van der Waals surface area contributed by atoms with Crippen molar-refractivity contribution in [1.82, 2.24) is 15.2 Å². The van der Waals surface area contributed by atoms with Crippen molar-refractivity contribution >= 4 is 33.8 Å². The number of thiazole rings is 1. The zero-order valence-corrected chi connectivity index (χ0v) is 14.9. The minimum Gasteiger partial charge on any atom is -0.306 e. The van der Waals surface area contributed by atoms with Crippen molar-refractivity contribution in [2.75, 3.05) is 4.90 Å². The van der Waals surface area contributed by atoms with Gasteiger partial charge in [0.15, 0.2) is 0 Å². The van der Waals surface area contributed by atoms with Crippen LogP contribution >= 0.6 is 11.3 Å². The number of hydrogen-bond acceptors (Lipinski definition) is 4. The Kier molecular flexibility index (Phi) is 4.75. The van der Waals surface area contributed by atoms with Crippen LogP contribution in [-0.2, 0) is 17.8 Å². The van der Waals surface area contributed by atoms with Gasteiger partial charge in [-0.15, -0.1) is 11.3 Å². The van der Waals surface area contributed by atoms with E-state index in [1.54, 1.807) is 10.4 Å². The molecule has 1 N–H and O–H groups in total. The standard InChI is InChI=1S/C20H18N4OS/c25-20(11-10-19-17-8-4-5-9-18(17)22-23-19)24(12-15-13-26-14-21-15)16-6-2-1-3-7-16/h1-9,13-14H,10-12H2,(H,22,23). The van der Waals surface area contributed by atoms with Gasteiger partial charge in [0.25, 0.3) is 0 Å². The van der Waals surface area contributed by atoms with Crippen molar-refractivity contribution in [3.8, 4) is 0 Å². The van der Waals surface area contributed by atoms with E-state index in [9.17, 15) is 4.79 Å². The molecule has 5 nitrogen and oxygen atoms in total. The lowest BCUT2D eigenvalue weighted by molar-refractivity contribution is -0.118. The molecule has 0 bridgehead atoms. The Hall–Kier alpha value is -2.99. The van der Waals surface area contributed by atoms with Crippen LogP contribution in [0.4, 0.5) is 5.69 Å². The third kappa shape index (κ3) is 3.50. The number of para-hydroxylation sites is 2. The number of carbonyl (C=O) groups excluding carboxylic acids is 1. The maximum atomic E-state index is 13.0. The number of hydrogen-bond donors (Lipinski definition) is 1. The van der Waals surface area contributed by atoms with Crippen LogP contribution in [0.5, 0.6) is 0 Å². The Balaban J connectivity index is 1.52. The van der Waals surface area contributed by atoms with Crippen LogP contribution in [0.25, 0.3) is 10.9 Å². The normalized spacial score (nSPS) is 10.9. The first kappa shape index (κ1) is 16.5. The third-order valence-electron chi connectivity index (χ3n) is 4.30. The average molecular weight is 362 g/mol. The summed E-state index contributed by atoms with van der Waals surface area (Å²) < 4.78 is 0. The maximum absolute atomic E-state index is 13.0. The molecule has 0 fully saturated rings. The highest BCUT2D eigenvalue weighted by Gasteiger charge is 2.18. The van der Waals surface area contributed by atoms with Gasteiger partial charge in [-0.2, -0.15) is 5.10 Å². The summed E-state index contributed by atoms with van der Waals surface area (Å²) in [5, 5.41) is 10.4. The quantitative estimate of drug-likeness (QED) is 0.559. The predicted molar refractivity (Wildman–Crippen MR) is 104 cm³/mol. The van der Waals surface area contributed by atoms with Gasteiger partial charge in [-0.1, -0.05) is 36.4 Å². The molecule has 4 aromatic rings. The first-order chi connectivity index (χ1) is 12.8. The Morgan fingerprint density at radius 2 is 1.88 bits per heavy atom. The molecule has 0 unspecified atom stereocenters. The zero-order valence-electron chi connectivity index (χ0n) is 14.1. The fourth-order valence-electron chi connectivity index (χ4n) is 2.98. The van der Waals surface area contributed by atoms with Crippen LogP contribution in [-0.4, -0.2) is 21.1 Å². The molecule has 26 heavy (non-hydrogen) atoms. The van der Waals surface area contributed by atoms with E-state index in [1.165, 1.54) is 11.3 Å². The van der Waals surface area contributed by atoms with Gasteiger partial charge in [0.05, 0.1) is 23.3 Å². The monoisotopic (exact) mass is 362 g/mol. The van der Waals surface area contributed by atoms with Crippen LogP contribution < -0.4 is 4.90 Å². The number of anilines is 1. The highest BCUT2D eigenvalue weighted by atomic mass is 32.1. The molecular weight excluding hydrogens is 344 g/mol. The topological polar surface area (TPSA) is 61.9 Å². The summed E-state index contributed by atoms with van der Waals surface area (Å²) in [6.45, 7) is 0.482. The molecule has 4 rings (SSSR count). The molecule has 0 atom stereocenters. The number of carbonyl (C=O) groups is 1. The Bertz CT molecular complexity index is 995. The molecule has 0 spiro atoms. The molecule has 0 saturated heterocycles. The molecule has 6 heteroatoms. The summed E-state index contributed by atoms with van der Waals surface area (Å²) in [5.41, 5.74) is 5.51. The fourth-order valence-corrected chi connectivity index (χ4v) is 3.53. The number of aromatic amines is 1. The Labute approximate surface area is 155 Å². The molecule has 0 aliphatic carbocycles. The van der Waals surface area contributed by atoms with Gasteiger partial charge in [-0.05, 0) is 24.6 Å². The van der Waals surface area contributed by atoms with Gasteiger partial charge in [0, 0.05) is 28.6 Å². The number of aromatic nitrogens is 3. The summed E-state index contributed by atoms with van der Waals surface area (Å²) in [5.74, 6) is 0.0721.